The number of para-hydroxylation sites is 1. The second-order valence-corrected chi connectivity index (χ2v) is 8.39. The van der Waals surface area contributed by atoms with Gasteiger partial charge in [-0.25, -0.2) is 0 Å². The van der Waals surface area contributed by atoms with E-state index in [1.807, 2.05) is 58.0 Å². The average molecular weight is 375 g/mol. The first-order chi connectivity index (χ1) is 12.8. The van der Waals surface area contributed by atoms with Gasteiger partial charge in [0.15, 0.2) is 0 Å². The van der Waals surface area contributed by atoms with Gasteiger partial charge in [0.2, 0.25) is 0 Å². The van der Waals surface area contributed by atoms with Gasteiger partial charge >= 0.3 is 0 Å². The number of ether oxygens (including phenoxy) is 1. The molecule has 1 aliphatic carbocycles. The number of hydrogen-bond donors (Lipinski definition) is 0. The number of rotatable bonds is 6. The van der Waals surface area contributed by atoms with Gasteiger partial charge in [-0.1, -0.05) is 82.6 Å². The van der Waals surface area contributed by atoms with Crippen molar-refractivity contribution in [3.8, 4) is 5.75 Å². The smallest absolute Gasteiger partial charge is 0.135 e. The third-order valence-corrected chi connectivity index (χ3v) is 4.66. The summed E-state index contributed by atoms with van der Waals surface area (Å²) in [7, 11) is 0. The maximum Gasteiger partial charge on any atom is 0.135 e. The van der Waals surface area contributed by atoms with Crippen molar-refractivity contribution in [2.45, 2.75) is 92.4 Å². The molecule has 2 heteroatoms. The van der Waals surface area contributed by atoms with E-state index in [2.05, 4.69) is 6.58 Å². The number of benzene rings is 1. The van der Waals surface area contributed by atoms with Crippen LogP contribution in [0.15, 0.2) is 42.5 Å². The van der Waals surface area contributed by atoms with Gasteiger partial charge in [-0.05, 0) is 45.7 Å². The van der Waals surface area contributed by atoms with Crippen LogP contribution in [-0.4, -0.2) is 12.4 Å². The molecule has 0 spiro atoms. The largest absolute Gasteiger partial charge is 0.494 e. The predicted octanol–water partition coefficient (Wildman–Crippen LogP) is 7.77. The zero-order chi connectivity index (χ0) is 20.5. The van der Waals surface area contributed by atoms with Crippen molar-refractivity contribution in [2.24, 2.45) is 5.41 Å². The molecule has 0 aliphatic heterocycles. The van der Waals surface area contributed by atoms with E-state index in [1.165, 1.54) is 50.5 Å². The lowest BCUT2D eigenvalue weighted by Crippen LogP contribution is -2.21. The summed E-state index contributed by atoms with van der Waals surface area (Å²) in [6, 6.07) is 9.75. The number of allylic oxidation sites excluding steroid dienone is 1. The molecule has 0 saturated heterocycles. The molecule has 0 aromatic heterocycles. The molecule has 1 aliphatic rings. The lowest BCUT2D eigenvalue weighted by Gasteiger charge is -2.20. The Morgan fingerprint density at radius 2 is 1.33 bits per heavy atom. The van der Waals surface area contributed by atoms with Crippen molar-refractivity contribution < 1.29 is 9.53 Å². The fraction of sp³-hybridized carbons (Fsp3) is 0.640. The second-order valence-electron chi connectivity index (χ2n) is 8.39. The summed E-state index contributed by atoms with van der Waals surface area (Å²) in [4.78, 5) is 11.3. The number of Topliss-reactive ketones (excluding diaryl/α,β-unsaturated/α-hetero) is 1. The van der Waals surface area contributed by atoms with Crippen molar-refractivity contribution in [2.75, 3.05) is 6.61 Å². The summed E-state index contributed by atoms with van der Waals surface area (Å²) >= 11 is 0. The summed E-state index contributed by atoms with van der Waals surface area (Å²) in [5.74, 6) is 1.13. The molecule has 1 saturated carbocycles. The Morgan fingerprint density at radius 3 is 1.70 bits per heavy atom. The minimum Gasteiger partial charge on any atom is -0.494 e. The number of carbonyl (C=O) groups is 1. The molecule has 1 fully saturated rings. The molecule has 0 bridgehead atoms. The highest BCUT2D eigenvalue weighted by Gasteiger charge is 2.22. The van der Waals surface area contributed by atoms with E-state index in [0.717, 1.165) is 18.6 Å². The lowest BCUT2D eigenvalue weighted by atomic mass is 9.84. The molecule has 1 aromatic carbocycles. The first-order valence-electron chi connectivity index (χ1n) is 10.6. The molecule has 154 valence electrons. The molecule has 0 N–H and O–H groups in total. The van der Waals surface area contributed by atoms with Crippen molar-refractivity contribution in [3.63, 3.8) is 0 Å². The van der Waals surface area contributed by atoms with Crippen molar-refractivity contribution in [3.05, 3.63) is 42.5 Å². The molecule has 2 nitrogen and oxygen atoms in total. The highest BCUT2D eigenvalue weighted by Crippen LogP contribution is 2.23. The first-order valence-corrected chi connectivity index (χ1v) is 10.6. The normalized spacial score (nSPS) is 13.8. The molecule has 0 radical (unpaired) electrons. The quantitative estimate of drug-likeness (QED) is 0.289. The van der Waals surface area contributed by atoms with Crippen LogP contribution in [0.25, 0.3) is 0 Å². The molecule has 1 aromatic rings. The molecular weight excluding hydrogens is 332 g/mol. The van der Waals surface area contributed by atoms with E-state index >= 15 is 0 Å². The van der Waals surface area contributed by atoms with Crippen molar-refractivity contribution >= 4 is 5.78 Å². The molecule has 2 rings (SSSR count). The van der Waals surface area contributed by atoms with Gasteiger partial charge in [0.25, 0.3) is 0 Å². The Kier molecular flexibility index (Phi) is 14.6. The van der Waals surface area contributed by atoms with Crippen molar-refractivity contribution in [1.82, 2.24) is 0 Å². The molecule has 0 atom stereocenters. The van der Waals surface area contributed by atoms with Gasteiger partial charge in [-0.15, -0.1) is 6.58 Å². The van der Waals surface area contributed by atoms with E-state index in [1.54, 1.807) is 6.92 Å². The summed E-state index contributed by atoms with van der Waals surface area (Å²) in [5, 5.41) is 0. The summed E-state index contributed by atoms with van der Waals surface area (Å²) in [5.41, 5.74) is 0.944. The topological polar surface area (TPSA) is 26.3 Å². The predicted molar refractivity (Wildman–Crippen MR) is 118 cm³/mol. The monoisotopic (exact) mass is 374 g/mol. The lowest BCUT2D eigenvalue weighted by molar-refractivity contribution is -0.125. The second kappa shape index (κ2) is 15.5. The number of ketones is 1. The fourth-order valence-corrected chi connectivity index (χ4v) is 2.63. The van der Waals surface area contributed by atoms with Gasteiger partial charge < -0.3 is 4.74 Å². The van der Waals surface area contributed by atoms with Crippen LogP contribution in [-0.2, 0) is 4.79 Å². The third kappa shape index (κ3) is 16.3. The highest BCUT2D eigenvalue weighted by atomic mass is 16.5. The van der Waals surface area contributed by atoms with Crippen LogP contribution in [0.1, 0.15) is 92.4 Å². The Balaban J connectivity index is 0.000000503. The minimum atomic E-state index is -0.222. The van der Waals surface area contributed by atoms with Crippen LogP contribution in [0, 0.1) is 5.41 Å². The summed E-state index contributed by atoms with van der Waals surface area (Å²) < 4.78 is 5.57. The van der Waals surface area contributed by atoms with Gasteiger partial charge in [0, 0.05) is 5.41 Å². The molecule has 0 amide bonds. The highest BCUT2D eigenvalue weighted by molar-refractivity contribution is 5.81. The average Bonchev–Trinajstić information content (AvgIpc) is 2.92. The van der Waals surface area contributed by atoms with Gasteiger partial charge in [-0.3, -0.25) is 4.79 Å². The Bertz CT molecular complexity index is 479. The fourth-order valence-electron chi connectivity index (χ4n) is 2.63. The maximum absolute atomic E-state index is 11.3. The van der Waals surface area contributed by atoms with Crippen LogP contribution in [0.2, 0.25) is 0 Å². The Morgan fingerprint density at radius 1 is 0.926 bits per heavy atom. The molecule has 0 unspecified atom stereocenters. The SMILES string of the molecule is C1CCCCCC1.C=C(C)C.CC(=O)C(C)(C)CCCOc1ccccc1. The van der Waals surface area contributed by atoms with Crippen LogP contribution >= 0.6 is 0 Å². The van der Waals surface area contributed by atoms with E-state index in [-0.39, 0.29) is 11.2 Å². The Labute approximate surface area is 168 Å². The minimum absolute atomic E-state index is 0.222. The van der Waals surface area contributed by atoms with Gasteiger partial charge in [0.05, 0.1) is 6.61 Å². The van der Waals surface area contributed by atoms with Crippen LogP contribution in [0.3, 0.4) is 0 Å². The van der Waals surface area contributed by atoms with Gasteiger partial charge in [0.1, 0.15) is 11.5 Å². The first kappa shape index (κ1) is 25.4. The van der Waals surface area contributed by atoms with Crippen LogP contribution in [0.5, 0.6) is 5.75 Å². The number of hydrogen-bond acceptors (Lipinski definition) is 2. The summed E-state index contributed by atoms with van der Waals surface area (Å²) in [6.07, 6.45) is 12.3. The Hall–Kier alpha value is -1.57. The molecule has 0 heterocycles. The number of carbonyl (C=O) groups excluding carboxylic acids is 1. The van der Waals surface area contributed by atoms with E-state index in [0.29, 0.717) is 6.61 Å². The third-order valence-electron chi connectivity index (χ3n) is 4.66. The van der Waals surface area contributed by atoms with Gasteiger partial charge in [-0.2, -0.15) is 0 Å². The van der Waals surface area contributed by atoms with E-state index in [4.69, 9.17) is 4.74 Å². The summed E-state index contributed by atoms with van der Waals surface area (Å²) in [6.45, 7) is 13.8. The molecular formula is C25H42O2. The standard InChI is InChI=1S/C14H20O2.C7H14.C4H8/c1-12(15)14(2,3)10-7-11-16-13-8-5-4-6-9-13;1-2-4-6-7-5-3-1;1-4(2)3/h4-6,8-9H,7,10-11H2,1-3H3;1-7H2;1H2,2-3H3. The zero-order valence-corrected chi connectivity index (χ0v) is 18.5. The van der Waals surface area contributed by atoms with Crippen molar-refractivity contribution in [1.29, 1.82) is 0 Å². The van der Waals surface area contributed by atoms with Crippen LogP contribution in [0.4, 0.5) is 0 Å². The van der Waals surface area contributed by atoms with E-state index < -0.39 is 0 Å². The van der Waals surface area contributed by atoms with E-state index in [9.17, 15) is 4.79 Å². The maximum atomic E-state index is 11.3. The zero-order valence-electron chi connectivity index (χ0n) is 18.5. The molecule has 27 heavy (non-hydrogen) atoms. The van der Waals surface area contributed by atoms with Crippen LogP contribution < -0.4 is 4.74 Å².